The van der Waals surface area contributed by atoms with Crippen LogP contribution in [-0.2, 0) is 9.47 Å². The second-order valence-corrected chi connectivity index (χ2v) is 13.0. The molecule has 0 aromatic carbocycles. The van der Waals surface area contributed by atoms with Crippen molar-refractivity contribution in [2.24, 2.45) is 40.4 Å². The summed E-state index contributed by atoms with van der Waals surface area (Å²) in [4.78, 5) is 0. The van der Waals surface area contributed by atoms with Gasteiger partial charge in [0.25, 0.3) is 0 Å². The predicted octanol–water partition coefficient (Wildman–Crippen LogP) is 2.77. The molecule has 13 atom stereocenters. The molecule has 4 N–H and O–H groups in total. The Bertz CT molecular complexity index is 834. The first-order valence-corrected chi connectivity index (χ1v) is 13.2. The Kier molecular flexibility index (Phi) is 4.89. The molecule has 2 saturated heterocycles. The first kappa shape index (κ1) is 22.9. The summed E-state index contributed by atoms with van der Waals surface area (Å²) in [6.45, 7) is 11.4. The standard InChI is InChI=1S/C27H42O6/c1-14-5-10-27(32-13-14)15(2)22-20(33-27)11-18-16-6-9-26(31)23(30)19(28)12-21(29)25(26,4)17(16)7-8-24(18,22)3/h15-23,28-31H,1,5-13H2,2-4H3/t15-,16+,17-,18-,19-,20-,21+,22-,23-,24-,25-,26-,27+/m0/s1. The maximum atomic E-state index is 11.7. The Morgan fingerprint density at radius 1 is 1.00 bits per heavy atom. The molecule has 0 aromatic rings. The highest BCUT2D eigenvalue weighted by Crippen LogP contribution is 2.71. The van der Waals surface area contributed by atoms with Crippen molar-refractivity contribution in [3.63, 3.8) is 0 Å². The van der Waals surface area contributed by atoms with E-state index in [1.807, 2.05) is 6.92 Å². The summed E-state index contributed by atoms with van der Waals surface area (Å²) in [6.07, 6.45) is 3.30. The largest absolute Gasteiger partial charge is 0.392 e. The average Bonchev–Trinajstić information content (AvgIpc) is 3.22. The van der Waals surface area contributed by atoms with Crippen LogP contribution in [0.4, 0.5) is 0 Å². The smallest absolute Gasteiger partial charge is 0.172 e. The highest BCUT2D eigenvalue weighted by Gasteiger charge is 2.73. The van der Waals surface area contributed by atoms with Gasteiger partial charge in [-0.05, 0) is 67.6 Å². The molecule has 0 amide bonds. The van der Waals surface area contributed by atoms with Gasteiger partial charge in [0.05, 0.1) is 24.9 Å². The molecule has 6 aliphatic rings. The topological polar surface area (TPSA) is 99.4 Å². The second-order valence-electron chi connectivity index (χ2n) is 13.0. The highest BCUT2D eigenvalue weighted by atomic mass is 16.7. The van der Waals surface area contributed by atoms with Crippen LogP contribution < -0.4 is 0 Å². The lowest BCUT2D eigenvalue weighted by molar-refractivity contribution is -0.300. The maximum Gasteiger partial charge on any atom is 0.172 e. The monoisotopic (exact) mass is 462 g/mol. The Labute approximate surface area is 197 Å². The molecule has 6 heteroatoms. The summed E-state index contributed by atoms with van der Waals surface area (Å²) in [5.41, 5.74) is -0.955. The number of aliphatic hydroxyl groups is 4. The van der Waals surface area contributed by atoms with Crippen LogP contribution in [0, 0.1) is 40.4 Å². The second kappa shape index (κ2) is 7.04. The maximum absolute atomic E-state index is 11.7. The van der Waals surface area contributed by atoms with Crippen LogP contribution in [0.5, 0.6) is 0 Å². The van der Waals surface area contributed by atoms with E-state index in [4.69, 9.17) is 9.47 Å². The highest BCUT2D eigenvalue weighted by molar-refractivity contribution is 5.21. The van der Waals surface area contributed by atoms with Crippen LogP contribution in [0.15, 0.2) is 12.2 Å². The van der Waals surface area contributed by atoms with Crippen LogP contribution in [-0.4, -0.2) is 62.8 Å². The number of fused-ring (bicyclic) bond motifs is 7. The van der Waals surface area contributed by atoms with Gasteiger partial charge in [-0.1, -0.05) is 32.9 Å². The van der Waals surface area contributed by atoms with Crippen molar-refractivity contribution in [1.29, 1.82) is 0 Å². The summed E-state index contributed by atoms with van der Waals surface area (Å²) in [7, 11) is 0. The lowest BCUT2D eigenvalue weighted by atomic mass is 9.41. The van der Waals surface area contributed by atoms with Crippen molar-refractivity contribution in [3.8, 4) is 0 Å². The van der Waals surface area contributed by atoms with Crippen LogP contribution in [0.25, 0.3) is 0 Å². The zero-order valence-electron chi connectivity index (χ0n) is 20.4. The fourth-order valence-electron chi connectivity index (χ4n) is 10.2. The van der Waals surface area contributed by atoms with Gasteiger partial charge in [-0.15, -0.1) is 0 Å². The molecular weight excluding hydrogens is 420 g/mol. The van der Waals surface area contributed by atoms with Crippen LogP contribution in [0.3, 0.4) is 0 Å². The molecule has 186 valence electrons. The molecule has 0 aromatic heterocycles. The van der Waals surface area contributed by atoms with E-state index in [0.717, 1.165) is 44.1 Å². The fourth-order valence-corrected chi connectivity index (χ4v) is 10.2. The predicted molar refractivity (Wildman–Crippen MR) is 122 cm³/mol. The number of rotatable bonds is 0. The lowest BCUT2D eigenvalue weighted by Gasteiger charge is -2.66. The number of hydrogen-bond donors (Lipinski definition) is 4. The molecule has 0 radical (unpaired) electrons. The lowest BCUT2D eigenvalue weighted by Crippen LogP contribution is -2.73. The van der Waals surface area contributed by atoms with Gasteiger partial charge in [-0.2, -0.15) is 0 Å². The van der Waals surface area contributed by atoms with E-state index in [2.05, 4.69) is 20.4 Å². The minimum atomic E-state index is -1.44. The summed E-state index contributed by atoms with van der Waals surface area (Å²) in [5, 5.41) is 44.0. The summed E-state index contributed by atoms with van der Waals surface area (Å²) in [5.74, 6) is 1.30. The van der Waals surface area contributed by atoms with Gasteiger partial charge in [-0.3, -0.25) is 0 Å². The third-order valence-electron chi connectivity index (χ3n) is 12.0. The molecule has 0 bridgehead atoms. The van der Waals surface area contributed by atoms with Crippen molar-refractivity contribution in [3.05, 3.63) is 12.2 Å². The van der Waals surface area contributed by atoms with Crippen molar-refractivity contribution >= 4 is 0 Å². The summed E-state index contributed by atoms with van der Waals surface area (Å²) < 4.78 is 13.1. The first-order chi connectivity index (χ1) is 15.5. The molecule has 6 fully saturated rings. The van der Waals surface area contributed by atoms with Crippen LogP contribution in [0.1, 0.15) is 72.1 Å². The summed E-state index contributed by atoms with van der Waals surface area (Å²) in [6, 6.07) is 0. The van der Waals surface area contributed by atoms with Crippen molar-refractivity contribution in [2.45, 2.75) is 108 Å². The summed E-state index contributed by atoms with van der Waals surface area (Å²) >= 11 is 0. The van der Waals surface area contributed by atoms with Gasteiger partial charge in [0.15, 0.2) is 5.79 Å². The fraction of sp³-hybridized carbons (Fsp3) is 0.926. The van der Waals surface area contributed by atoms with E-state index in [-0.39, 0.29) is 23.9 Å². The zero-order chi connectivity index (χ0) is 23.6. The molecule has 6 nitrogen and oxygen atoms in total. The van der Waals surface area contributed by atoms with Gasteiger partial charge in [0.2, 0.25) is 0 Å². The van der Waals surface area contributed by atoms with E-state index >= 15 is 0 Å². The molecule has 6 rings (SSSR count). The van der Waals surface area contributed by atoms with Gasteiger partial charge in [0.1, 0.15) is 11.7 Å². The van der Waals surface area contributed by atoms with E-state index in [1.165, 1.54) is 0 Å². The Balaban J connectivity index is 1.30. The van der Waals surface area contributed by atoms with E-state index in [9.17, 15) is 20.4 Å². The van der Waals surface area contributed by atoms with Gasteiger partial charge in [0, 0.05) is 24.2 Å². The number of hydrogen-bond acceptors (Lipinski definition) is 6. The van der Waals surface area contributed by atoms with Crippen molar-refractivity contribution < 1.29 is 29.9 Å². The first-order valence-electron chi connectivity index (χ1n) is 13.2. The minimum Gasteiger partial charge on any atom is -0.392 e. The van der Waals surface area contributed by atoms with Crippen LogP contribution in [0.2, 0.25) is 0 Å². The molecule has 33 heavy (non-hydrogen) atoms. The Hall–Kier alpha value is -0.500. The quantitative estimate of drug-likeness (QED) is 0.413. The van der Waals surface area contributed by atoms with E-state index in [1.54, 1.807) is 0 Å². The van der Waals surface area contributed by atoms with Gasteiger partial charge in [-0.25, -0.2) is 0 Å². The molecule has 4 aliphatic carbocycles. The van der Waals surface area contributed by atoms with Crippen molar-refractivity contribution in [2.75, 3.05) is 6.61 Å². The average molecular weight is 463 g/mol. The third-order valence-corrected chi connectivity index (χ3v) is 12.0. The van der Waals surface area contributed by atoms with Crippen LogP contribution >= 0.6 is 0 Å². The number of ether oxygens (including phenoxy) is 2. The zero-order valence-corrected chi connectivity index (χ0v) is 20.4. The molecule has 2 aliphatic heterocycles. The SMILES string of the molecule is C=C1CC[C@@]2(OC1)O[C@H]1C[C@H]3[C@@H]4CC[C@]5(O)[C@@H](O)[C@@H](O)C[C@@H](O)[C@]5(C)[C@H]4CC[C@]3(C)[C@H]1[C@@H]2C. The molecule has 1 spiro atoms. The molecule has 0 unspecified atom stereocenters. The Morgan fingerprint density at radius 3 is 2.45 bits per heavy atom. The Morgan fingerprint density at radius 2 is 1.76 bits per heavy atom. The van der Waals surface area contributed by atoms with Gasteiger partial charge < -0.3 is 29.9 Å². The van der Waals surface area contributed by atoms with E-state index < -0.39 is 35.1 Å². The molecule has 2 heterocycles. The van der Waals surface area contributed by atoms with E-state index in [0.29, 0.717) is 36.7 Å². The molecule has 4 saturated carbocycles. The minimum absolute atomic E-state index is 0.127. The molecular formula is C27H42O6. The van der Waals surface area contributed by atoms with Gasteiger partial charge >= 0.3 is 0 Å². The number of aliphatic hydroxyl groups excluding tert-OH is 3. The van der Waals surface area contributed by atoms with Crippen molar-refractivity contribution in [1.82, 2.24) is 0 Å². The third kappa shape index (κ3) is 2.66. The normalized spacial score (nSPS) is 62.5.